The van der Waals surface area contributed by atoms with Crippen LogP contribution in [0.25, 0.3) is 22.3 Å². The Kier molecular flexibility index (Phi) is 4.48. The van der Waals surface area contributed by atoms with Gasteiger partial charge in [0.2, 0.25) is 0 Å². The van der Waals surface area contributed by atoms with Gasteiger partial charge in [0.25, 0.3) is 0 Å². The van der Waals surface area contributed by atoms with Crippen molar-refractivity contribution in [3.05, 3.63) is 155 Å². The molecule has 0 amide bonds. The fourth-order valence-corrected chi connectivity index (χ4v) is 5.50. The molecule has 1 aliphatic rings. The molecule has 0 atom stereocenters. The summed E-state index contributed by atoms with van der Waals surface area (Å²) < 4.78 is 0. The van der Waals surface area contributed by atoms with Crippen LogP contribution >= 0.6 is 11.6 Å². The van der Waals surface area contributed by atoms with Crippen LogP contribution in [0.4, 0.5) is 0 Å². The molecular weight excluding hydrogens is 408 g/mol. The van der Waals surface area contributed by atoms with Crippen LogP contribution in [0, 0.1) is 0 Å². The Bertz CT molecular complexity index is 1390. The molecule has 0 N–H and O–H groups in total. The normalized spacial score (nSPS) is 13.4. The van der Waals surface area contributed by atoms with Gasteiger partial charge < -0.3 is 0 Å². The van der Waals surface area contributed by atoms with Crippen LogP contribution in [0.2, 0.25) is 5.02 Å². The van der Waals surface area contributed by atoms with E-state index >= 15 is 0 Å². The van der Waals surface area contributed by atoms with Crippen molar-refractivity contribution < 1.29 is 0 Å². The summed E-state index contributed by atoms with van der Waals surface area (Å²) in [4.78, 5) is 0. The lowest BCUT2D eigenvalue weighted by molar-refractivity contribution is 0.769. The molecule has 0 spiro atoms. The molecule has 0 heterocycles. The summed E-state index contributed by atoms with van der Waals surface area (Å²) in [5, 5.41) is 0.752. The summed E-state index contributed by atoms with van der Waals surface area (Å²) in [7, 11) is 0. The summed E-state index contributed by atoms with van der Waals surface area (Å²) in [5.74, 6) is 0. The fourth-order valence-electron chi connectivity index (χ4n) is 5.31. The quantitative estimate of drug-likeness (QED) is 0.265. The fraction of sp³-hybridized carbons (Fsp3) is 0.0323. The molecule has 0 nitrogen and oxygen atoms in total. The molecule has 1 aliphatic carbocycles. The number of rotatable bonds is 3. The van der Waals surface area contributed by atoms with Gasteiger partial charge in [0.05, 0.1) is 5.41 Å². The van der Waals surface area contributed by atoms with E-state index in [1.54, 1.807) is 0 Å². The highest BCUT2D eigenvalue weighted by atomic mass is 35.5. The Balaban J connectivity index is 1.70. The van der Waals surface area contributed by atoms with Crippen molar-refractivity contribution in [3.63, 3.8) is 0 Å². The summed E-state index contributed by atoms with van der Waals surface area (Å²) in [6.45, 7) is 0. The van der Waals surface area contributed by atoms with Crippen LogP contribution in [-0.2, 0) is 5.41 Å². The van der Waals surface area contributed by atoms with Crippen molar-refractivity contribution in [3.8, 4) is 22.3 Å². The number of halogens is 1. The van der Waals surface area contributed by atoms with Crippen molar-refractivity contribution >= 4 is 11.6 Å². The lowest BCUT2D eigenvalue weighted by Gasteiger charge is -2.34. The van der Waals surface area contributed by atoms with Crippen LogP contribution in [-0.4, -0.2) is 0 Å². The Morgan fingerprint density at radius 1 is 0.438 bits per heavy atom. The second-order valence-electron chi connectivity index (χ2n) is 8.30. The van der Waals surface area contributed by atoms with Gasteiger partial charge in [-0.05, 0) is 62.7 Å². The maximum absolute atomic E-state index is 6.32. The zero-order valence-corrected chi connectivity index (χ0v) is 18.3. The van der Waals surface area contributed by atoms with Crippen LogP contribution < -0.4 is 0 Å². The predicted octanol–water partition coefficient (Wildman–Crippen LogP) is 8.37. The zero-order chi connectivity index (χ0) is 21.5. The SMILES string of the molecule is Clc1cccc(-c2cccc(C3(c4ccccc4)c4ccccc4-c4ccccc43)c2)c1. The van der Waals surface area contributed by atoms with E-state index in [1.807, 2.05) is 18.2 Å². The Labute approximate surface area is 193 Å². The molecule has 0 radical (unpaired) electrons. The van der Waals surface area contributed by atoms with Crippen molar-refractivity contribution in [2.24, 2.45) is 0 Å². The monoisotopic (exact) mass is 428 g/mol. The van der Waals surface area contributed by atoms with E-state index in [0.29, 0.717) is 0 Å². The molecular formula is C31H21Cl. The van der Waals surface area contributed by atoms with Crippen LogP contribution in [0.15, 0.2) is 127 Å². The molecule has 5 aromatic rings. The van der Waals surface area contributed by atoms with Crippen molar-refractivity contribution in [2.45, 2.75) is 5.41 Å². The van der Waals surface area contributed by atoms with Gasteiger partial charge in [-0.25, -0.2) is 0 Å². The van der Waals surface area contributed by atoms with Gasteiger partial charge in [0.1, 0.15) is 0 Å². The zero-order valence-electron chi connectivity index (χ0n) is 17.5. The number of hydrogen-bond donors (Lipinski definition) is 0. The van der Waals surface area contributed by atoms with Crippen molar-refractivity contribution in [2.75, 3.05) is 0 Å². The molecule has 0 fully saturated rings. The maximum Gasteiger partial charge on any atom is 0.0713 e. The van der Waals surface area contributed by atoms with Gasteiger partial charge in [0, 0.05) is 5.02 Å². The highest BCUT2D eigenvalue weighted by Gasteiger charge is 2.45. The molecule has 0 bridgehead atoms. The highest BCUT2D eigenvalue weighted by molar-refractivity contribution is 6.30. The first-order valence-corrected chi connectivity index (χ1v) is 11.3. The van der Waals surface area contributed by atoms with Gasteiger partial charge in [0.15, 0.2) is 0 Å². The van der Waals surface area contributed by atoms with Crippen molar-refractivity contribution in [1.29, 1.82) is 0 Å². The second-order valence-corrected chi connectivity index (χ2v) is 8.73. The molecule has 0 aliphatic heterocycles. The highest BCUT2D eigenvalue weighted by Crippen LogP contribution is 2.56. The minimum absolute atomic E-state index is 0.372. The first-order valence-electron chi connectivity index (χ1n) is 10.9. The predicted molar refractivity (Wildman–Crippen MR) is 134 cm³/mol. The molecule has 32 heavy (non-hydrogen) atoms. The van der Waals surface area contributed by atoms with E-state index in [2.05, 4.69) is 109 Å². The number of hydrogen-bond acceptors (Lipinski definition) is 0. The van der Waals surface area contributed by atoms with E-state index in [9.17, 15) is 0 Å². The minimum Gasteiger partial charge on any atom is -0.0843 e. The van der Waals surface area contributed by atoms with Gasteiger partial charge in [-0.3, -0.25) is 0 Å². The van der Waals surface area contributed by atoms with Gasteiger partial charge in [-0.1, -0.05) is 121 Å². The maximum atomic E-state index is 6.32. The largest absolute Gasteiger partial charge is 0.0843 e. The van der Waals surface area contributed by atoms with Gasteiger partial charge in [-0.15, -0.1) is 0 Å². The first kappa shape index (κ1) is 19.1. The van der Waals surface area contributed by atoms with Crippen LogP contribution in [0.5, 0.6) is 0 Å². The molecule has 6 rings (SSSR count). The third-order valence-electron chi connectivity index (χ3n) is 6.61. The summed E-state index contributed by atoms with van der Waals surface area (Å²) >= 11 is 6.32. The van der Waals surface area contributed by atoms with Crippen molar-refractivity contribution in [1.82, 2.24) is 0 Å². The summed E-state index contributed by atoms with van der Waals surface area (Å²) in [6.07, 6.45) is 0. The Morgan fingerprint density at radius 2 is 0.969 bits per heavy atom. The number of benzene rings is 5. The Morgan fingerprint density at radius 3 is 1.62 bits per heavy atom. The van der Waals surface area contributed by atoms with E-state index in [0.717, 1.165) is 10.6 Å². The van der Waals surface area contributed by atoms with E-state index in [4.69, 9.17) is 11.6 Å². The standard InChI is InChI=1S/C31H21Cl/c32-26-15-9-11-23(21-26)22-10-8-14-25(20-22)31(24-12-2-1-3-13-24)29-18-6-4-16-27(29)28-17-5-7-19-30(28)31/h1-21H. The molecule has 5 aromatic carbocycles. The average Bonchev–Trinajstić information content (AvgIpc) is 3.16. The average molecular weight is 429 g/mol. The van der Waals surface area contributed by atoms with Crippen LogP contribution in [0.3, 0.4) is 0 Å². The van der Waals surface area contributed by atoms with E-state index < -0.39 is 0 Å². The van der Waals surface area contributed by atoms with E-state index in [-0.39, 0.29) is 5.41 Å². The topological polar surface area (TPSA) is 0 Å². The molecule has 0 saturated carbocycles. The second kappa shape index (κ2) is 7.51. The first-order chi connectivity index (χ1) is 15.8. The molecule has 0 saturated heterocycles. The minimum atomic E-state index is -0.372. The summed E-state index contributed by atoms with van der Waals surface area (Å²) in [5.41, 5.74) is 9.73. The molecule has 0 aromatic heterocycles. The van der Waals surface area contributed by atoms with Gasteiger partial charge >= 0.3 is 0 Å². The third kappa shape index (κ3) is 2.77. The van der Waals surface area contributed by atoms with Crippen LogP contribution in [0.1, 0.15) is 22.3 Å². The molecule has 0 unspecified atom stereocenters. The Hall–Kier alpha value is -3.61. The third-order valence-corrected chi connectivity index (χ3v) is 6.85. The molecule has 1 heteroatoms. The van der Waals surface area contributed by atoms with Gasteiger partial charge in [-0.2, -0.15) is 0 Å². The lowest BCUT2D eigenvalue weighted by Crippen LogP contribution is -2.28. The lowest BCUT2D eigenvalue weighted by atomic mass is 9.67. The number of fused-ring (bicyclic) bond motifs is 3. The van der Waals surface area contributed by atoms with E-state index in [1.165, 1.54) is 38.9 Å². The summed E-state index contributed by atoms with van der Waals surface area (Å²) in [6, 6.07) is 45.6. The molecule has 152 valence electrons. The smallest absolute Gasteiger partial charge is 0.0713 e.